The molecule has 3 aromatic rings. The van der Waals surface area contributed by atoms with Gasteiger partial charge in [-0.2, -0.15) is 0 Å². The molecule has 0 saturated carbocycles. The lowest BCUT2D eigenvalue weighted by molar-refractivity contribution is -0.112. The number of carbonyl (C=O) groups is 1. The van der Waals surface area contributed by atoms with Crippen LogP contribution in [0.25, 0.3) is 6.08 Å². The summed E-state index contributed by atoms with van der Waals surface area (Å²) in [6.45, 7) is 3.83. The molecule has 0 unspecified atom stereocenters. The number of aryl methyl sites for hydroxylation is 2. The number of rotatable bonds is 4. The summed E-state index contributed by atoms with van der Waals surface area (Å²) in [4.78, 5) is 14.1. The molecule has 1 aliphatic rings. The van der Waals surface area contributed by atoms with Gasteiger partial charge in [-0.05, 0) is 72.5 Å². The van der Waals surface area contributed by atoms with E-state index in [9.17, 15) is 13.2 Å². The Hall–Kier alpha value is -3.03. The van der Waals surface area contributed by atoms with Gasteiger partial charge in [0.15, 0.2) is 9.84 Å². The van der Waals surface area contributed by atoms with Crippen LogP contribution in [0.5, 0.6) is 0 Å². The number of hydrogen-bond donors (Lipinski definition) is 2. The van der Waals surface area contributed by atoms with Gasteiger partial charge in [0, 0.05) is 10.6 Å². The molecule has 0 aromatic heterocycles. The molecule has 31 heavy (non-hydrogen) atoms. The first-order valence-corrected chi connectivity index (χ1v) is 12.2. The number of nitrogens with one attached hydrogen (secondary N) is 1. The smallest absolute Gasteiger partial charge is 0.262 e. The minimum absolute atomic E-state index is 0.0757. The van der Waals surface area contributed by atoms with Crippen molar-refractivity contribution < 1.29 is 13.2 Å². The second-order valence-corrected chi connectivity index (χ2v) is 10.6. The van der Waals surface area contributed by atoms with Crippen LogP contribution in [0, 0.1) is 13.8 Å². The van der Waals surface area contributed by atoms with E-state index in [0.29, 0.717) is 16.3 Å². The number of fused-ring (bicyclic) bond motifs is 1. The molecule has 1 heterocycles. The predicted molar refractivity (Wildman–Crippen MR) is 127 cm³/mol. The van der Waals surface area contributed by atoms with Crippen molar-refractivity contribution in [2.75, 3.05) is 11.1 Å². The quantitative estimate of drug-likeness (QED) is 0.434. The van der Waals surface area contributed by atoms with Gasteiger partial charge in [-0.15, -0.1) is 0 Å². The van der Waals surface area contributed by atoms with E-state index in [0.717, 1.165) is 27.1 Å². The van der Waals surface area contributed by atoms with Gasteiger partial charge in [0.25, 0.3) is 5.91 Å². The lowest BCUT2D eigenvalue weighted by Crippen LogP contribution is -2.18. The van der Waals surface area contributed by atoms with Crippen LogP contribution >= 0.6 is 11.8 Å². The first-order chi connectivity index (χ1) is 14.7. The van der Waals surface area contributed by atoms with E-state index in [1.807, 2.05) is 44.2 Å². The highest BCUT2D eigenvalue weighted by Gasteiger charge is 2.24. The fourth-order valence-electron chi connectivity index (χ4n) is 3.43. The third-order valence-electron chi connectivity index (χ3n) is 5.22. The molecule has 0 atom stereocenters. The van der Waals surface area contributed by atoms with E-state index in [-0.39, 0.29) is 16.6 Å². The highest BCUT2D eigenvalue weighted by Crippen LogP contribution is 2.40. The van der Waals surface area contributed by atoms with Crippen LogP contribution in [0.3, 0.4) is 0 Å². The molecule has 0 bridgehead atoms. The molecule has 0 aliphatic carbocycles. The fraction of sp³-hybridized carbons (Fsp3) is 0.125. The van der Waals surface area contributed by atoms with Crippen molar-refractivity contribution in [1.29, 1.82) is 0 Å². The number of benzene rings is 3. The molecule has 5 nitrogen and oxygen atoms in total. The van der Waals surface area contributed by atoms with Gasteiger partial charge in [0.2, 0.25) is 0 Å². The molecule has 4 rings (SSSR count). The number of nitrogens with two attached hydrogens (primary N) is 1. The Bertz CT molecular complexity index is 1290. The van der Waals surface area contributed by atoms with Crippen LogP contribution in [-0.2, 0) is 20.4 Å². The lowest BCUT2D eigenvalue weighted by atomic mass is 10.1. The Labute approximate surface area is 186 Å². The van der Waals surface area contributed by atoms with Crippen LogP contribution < -0.4 is 11.1 Å². The van der Waals surface area contributed by atoms with Gasteiger partial charge in [-0.1, -0.05) is 42.1 Å². The molecular weight excluding hydrogens is 428 g/mol. The molecule has 7 heteroatoms. The van der Waals surface area contributed by atoms with E-state index < -0.39 is 9.84 Å². The Balaban J connectivity index is 1.62. The summed E-state index contributed by atoms with van der Waals surface area (Å²) < 4.78 is 26.1. The maximum atomic E-state index is 13.1. The molecule has 0 saturated heterocycles. The zero-order valence-corrected chi connectivity index (χ0v) is 18.8. The zero-order chi connectivity index (χ0) is 22.2. The highest BCUT2D eigenvalue weighted by molar-refractivity contribution is 8.04. The maximum Gasteiger partial charge on any atom is 0.262 e. The Kier molecular flexibility index (Phi) is 5.64. The number of anilines is 2. The van der Waals surface area contributed by atoms with E-state index in [2.05, 4.69) is 5.32 Å². The Morgan fingerprint density at radius 3 is 2.35 bits per heavy atom. The largest absolute Gasteiger partial charge is 0.399 e. The molecule has 3 N–H and O–H groups in total. The number of thioether (sulfide) groups is 1. The van der Waals surface area contributed by atoms with Crippen molar-refractivity contribution in [2.45, 2.75) is 29.4 Å². The monoisotopic (exact) mass is 450 g/mol. The summed E-state index contributed by atoms with van der Waals surface area (Å²) in [5.41, 5.74) is 10.4. The predicted octanol–water partition coefficient (Wildman–Crippen LogP) is 4.94. The third kappa shape index (κ3) is 4.52. The second-order valence-electron chi connectivity index (χ2n) is 7.52. The molecule has 1 amide bonds. The second kappa shape index (κ2) is 8.24. The maximum absolute atomic E-state index is 13.1. The summed E-state index contributed by atoms with van der Waals surface area (Å²) in [6.07, 6.45) is 1.79. The highest BCUT2D eigenvalue weighted by atomic mass is 32.2. The van der Waals surface area contributed by atoms with E-state index in [1.54, 1.807) is 36.4 Å². The summed E-state index contributed by atoms with van der Waals surface area (Å²) in [5.74, 6) is -0.341. The normalized spacial score (nSPS) is 14.9. The molecule has 158 valence electrons. The minimum Gasteiger partial charge on any atom is -0.399 e. The minimum atomic E-state index is -3.56. The number of sulfone groups is 1. The van der Waals surface area contributed by atoms with Gasteiger partial charge in [-0.25, -0.2) is 8.42 Å². The van der Waals surface area contributed by atoms with Crippen molar-refractivity contribution in [3.8, 4) is 0 Å². The SMILES string of the molecule is Cc1cccc(C)c1CS(=O)(=O)c1ccc2c(c1)NC(=O)/C(=C\c1ccc(N)cc1)S2. The number of hydrogen-bond acceptors (Lipinski definition) is 5. The van der Waals surface area contributed by atoms with Gasteiger partial charge in [0.1, 0.15) is 0 Å². The Morgan fingerprint density at radius 2 is 1.68 bits per heavy atom. The van der Waals surface area contributed by atoms with E-state index >= 15 is 0 Å². The van der Waals surface area contributed by atoms with Crippen molar-refractivity contribution in [2.24, 2.45) is 0 Å². The molecule has 1 aliphatic heterocycles. The van der Waals surface area contributed by atoms with E-state index in [1.165, 1.54) is 11.8 Å². The first kappa shape index (κ1) is 21.2. The average Bonchev–Trinajstić information content (AvgIpc) is 2.72. The van der Waals surface area contributed by atoms with Crippen LogP contribution in [0.1, 0.15) is 22.3 Å². The Morgan fingerprint density at radius 1 is 1.00 bits per heavy atom. The van der Waals surface area contributed by atoms with Crippen molar-refractivity contribution >= 4 is 45.0 Å². The summed E-state index contributed by atoms with van der Waals surface area (Å²) in [7, 11) is -3.56. The molecule has 0 radical (unpaired) electrons. The number of nitrogen functional groups attached to an aromatic ring is 1. The molecule has 3 aromatic carbocycles. The van der Waals surface area contributed by atoms with Gasteiger partial charge >= 0.3 is 0 Å². The van der Waals surface area contributed by atoms with Gasteiger partial charge in [-0.3, -0.25) is 4.79 Å². The van der Waals surface area contributed by atoms with Gasteiger partial charge < -0.3 is 11.1 Å². The summed E-state index contributed by atoms with van der Waals surface area (Å²) in [5, 5.41) is 2.82. The topological polar surface area (TPSA) is 89.3 Å². The molecule has 0 fully saturated rings. The van der Waals surface area contributed by atoms with Crippen molar-refractivity contribution in [1.82, 2.24) is 0 Å². The fourth-order valence-corrected chi connectivity index (χ4v) is 5.93. The molecular formula is C24H22N2O3S2. The summed E-state index contributed by atoms with van der Waals surface area (Å²) >= 11 is 1.32. The zero-order valence-electron chi connectivity index (χ0n) is 17.2. The third-order valence-corrected chi connectivity index (χ3v) is 7.96. The van der Waals surface area contributed by atoms with Crippen LogP contribution in [0.2, 0.25) is 0 Å². The average molecular weight is 451 g/mol. The lowest BCUT2D eigenvalue weighted by Gasteiger charge is -2.20. The van der Waals surface area contributed by atoms with Crippen LogP contribution in [0.15, 0.2) is 75.4 Å². The van der Waals surface area contributed by atoms with Crippen LogP contribution in [-0.4, -0.2) is 14.3 Å². The first-order valence-electron chi connectivity index (χ1n) is 9.71. The van der Waals surface area contributed by atoms with Crippen molar-refractivity contribution in [3.63, 3.8) is 0 Å². The summed E-state index contributed by atoms with van der Waals surface area (Å²) in [6, 6.07) is 17.9. The van der Waals surface area contributed by atoms with Gasteiger partial charge in [0.05, 0.1) is 21.2 Å². The van der Waals surface area contributed by atoms with Crippen molar-refractivity contribution in [3.05, 3.63) is 87.8 Å². The number of carbonyl (C=O) groups excluding carboxylic acids is 1. The standard InChI is InChI=1S/C24H22N2O3S2/c1-15-4-3-5-16(2)20(15)14-31(28,29)19-10-11-22-21(13-19)26-24(27)23(30-22)12-17-6-8-18(25)9-7-17/h3-13H,14,25H2,1-2H3,(H,26,27)/b23-12+. The number of amides is 1. The van der Waals surface area contributed by atoms with E-state index in [4.69, 9.17) is 5.73 Å². The molecule has 0 spiro atoms. The van der Waals surface area contributed by atoms with Crippen LogP contribution in [0.4, 0.5) is 11.4 Å².